The van der Waals surface area contributed by atoms with Gasteiger partial charge in [0.1, 0.15) is 6.20 Å². The highest BCUT2D eigenvalue weighted by atomic mass is 79.9. The average Bonchev–Trinajstić information content (AvgIpc) is 1.77. The van der Waals surface area contributed by atoms with Gasteiger partial charge in [-0.3, -0.25) is 4.98 Å². The van der Waals surface area contributed by atoms with Crippen molar-refractivity contribution < 1.29 is 0 Å². The van der Waals surface area contributed by atoms with Crippen molar-refractivity contribution in [2.24, 2.45) is 0 Å². The number of halogens is 1. The summed E-state index contributed by atoms with van der Waals surface area (Å²) in [6.07, 6.45) is 4.49. The third-order valence-corrected chi connectivity index (χ3v) is 1.71. The highest BCUT2D eigenvalue weighted by molar-refractivity contribution is 9.10. The van der Waals surface area contributed by atoms with E-state index in [0.29, 0.717) is 0 Å². The second-order valence-electron chi connectivity index (χ2n) is 1.55. The zero-order chi connectivity index (χ0) is 5.98. The quantitative estimate of drug-likeness (QED) is 0.581. The molecule has 1 heterocycles. The van der Waals surface area contributed by atoms with E-state index in [0.717, 1.165) is 4.47 Å². The van der Waals surface area contributed by atoms with Crippen LogP contribution in [0.5, 0.6) is 0 Å². The Morgan fingerprint density at radius 3 is 2.88 bits per heavy atom. The van der Waals surface area contributed by atoms with Crippen LogP contribution in [-0.2, 0) is 0 Å². The van der Waals surface area contributed by atoms with Crippen LogP contribution in [0.2, 0.25) is 0 Å². The van der Waals surface area contributed by atoms with E-state index in [-0.39, 0.29) is 0 Å². The Morgan fingerprint density at radius 1 is 1.75 bits per heavy atom. The van der Waals surface area contributed by atoms with Crippen LogP contribution < -0.4 is 0 Å². The first-order valence-corrected chi connectivity index (χ1v) is 3.09. The third-order valence-electron chi connectivity index (χ3n) is 0.908. The summed E-state index contributed by atoms with van der Waals surface area (Å²) in [4.78, 5) is 3.77. The Morgan fingerprint density at radius 2 is 2.50 bits per heavy atom. The molecule has 0 fully saturated rings. The molecule has 0 bridgehead atoms. The van der Waals surface area contributed by atoms with Crippen molar-refractivity contribution in [3.63, 3.8) is 0 Å². The molecule has 1 aromatic rings. The zero-order valence-corrected chi connectivity index (χ0v) is 6.07. The van der Waals surface area contributed by atoms with E-state index in [4.69, 9.17) is 0 Å². The van der Waals surface area contributed by atoms with Crippen LogP contribution >= 0.6 is 15.9 Å². The van der Waals surface area contributed by atoms with Crippen LogP contribution in [0.3, 0.4) is 0 Å². The van der Waals surface area contributed by atoms with Crippen LogP contribution in [-0.4, -0.2) is 4.98 Å². The topological polar surface area (TPSA) is 12.9 Å². The molecule has 0 amide bonds. The molecule has 1 nitrogen and oxygen atoms in total. The molecule has 0 aliphatic heterocycles. The maximum atomic E-state index is 3.77. The molecule has 0 aliphatic carbocycles. The molecule has 0 unspecified atom stereocenters. The standard InChI is InChI=1S/C6H5BrN/c1-5-2-3-8-4-6(5)7/h2-3H,1H3. The largest absolute Gasteiger partial charge is 0.253 e. The van der Waals surface area contributed by atoms with Gasteiger partial charge in [0, 0.05) is 10.7 Å². The van der Waals surface area contributed by atoms with Gasteiger partial charge in [0.2, 0.25) is 0 Å². The molecule has 41 valence electrons. The summed E-state index contributed by atoms with van der Waals surface area (Å²) >= 11 is 3.28. The summed E-state index contributed by atoms with van der Waals surface area (Å²) in [5.41, 5.74) is 1.17. The molecular weight excluding hydrogens is 166 g/mol. The summed E-state index contributed by atoms with van der Waals surface area (Å²) in [6.45, 7) is 2.00. The van der Waals surface area contributed by atoms with Gasteiger partial charge >= 0.3 is 0 Å². The van der Waals surface area contributed by atoms with Gasteiger partial charge in [0.05, 0.1) is 0 Å². The number of hydrogen-bond donors (Lipinski definition) is 0. The van der Waals surface area contributed by atoms with Gasteiger partial charge in [-0.15, -0.1) is 0 Å². The number of aromatic nitrogens is 1. The molecule has 0 aromatic carbocycles. The molecule has 0 atom stereocenters. The summed E-state index contributed by atoms with van der Waals surface area (Å²) in [5, 5.41) is 0. The van der Waals surface area contributed by atoms with Gasteiger partial charge in [-0.1, -0.05) is 0 Å². The minimum atomic E-state index is 0.944. The molecule has 1 radical (unpaired) electrons. The SMILES string of the molecule is Cc1ccn[c]c1Br. The zero-order valence-electron chi connectivity index (χ0n) is 4.48. The average molecular weight is 171 g/mol. The lowest BCUT2D eigenvalue weighted by molar-refractivity contribution is 1.25. The molecule has 1 aromatic heterocycles. The fraction of sp³-hybridized carbons (Fsp3) is 0.167. The third kappa shape index (κ3) is 1.07. The fourth-order valence-corrected chi connectivity index (χ4v) is 0.639. The lowest BCUT2D eigenvalue weighted by Gasteiger charge is -1.89. The predicted molar refractivity (Wildman–Crippen MR) is 35.5 cm³/mol. The van der Waals surface area contributed by atoms with E-state index in [1.807, 2.05) is 13.0 Å². The van der Waals surface area contributed by atoms with Gasteiger partial charge in [-0.05, 0) is 34.5 Å². The maximum Gasteiger partial charge on any atom is 0.104 e. The minimum Gasteiger partial charge on any atom is -0.253 e. The van der Waals surface area contributed by atoms with Crippen molar-refractivity contribution in [3.05, 3.63) is 28.5 Å². The molecule has 0 aliphatic rings. The van der Waals surface area contributed by atoms with Crippen molar-refractivity contribution in [2.45, 2.75) is 6.92 Å². The Labute approximate surface area is 56.9 Å². The Hall–Kier alpha value is -0.370. The van der Waals surface area contributed by atoms with Gasteiger partial charge in [0.25, 0.3) is 0 Å². The molecule has 0 N–H and O–H groups in total. The summed E-state index contributed by atoms with van der Waals surface area (Å²) in [5.74, 6) is 0. The number of aryl methyl sites for hydroxylation is 1. The predicted octanol–water partition coefficient (Wildman–Crippen LogP) is 1.95. The number of nitrogens with zero attached hydrogens (tertiary/aromatic N) is 1. The van der Waals surface area contributed by atoms with Crippen molar-refractivity contribution in [1.82, 2.24) is 4.98 Å². The highest BCUT2D eigenvalue weighted by Gasteiger charge is 1.88. The van der Waals surface area contributed by atoms with Gasteiger partial charge < -0.3 is 0 Å². The van der Waals surface area contributed by atoms with Crippen LogP contribution in [0.4, 0.5) is 0 Å². The molecule has 0 spiro atoms. The lowest BCUT2D eigenvalue weighted by Crippen LogP contribution is -1.75. The van der Waals surface area contributed by atoms with E-state index in [1.54, 1.807) is 6.20 Å². The first kappa shape index (κ1) is 5.76. The molecule has 1 rings (SSSR count). The summed E-state index contributed by atoms with van der Waals surface area (Å²) in [6, 6.07) is 1.93. The normalized spacial score (nSPS) is 9.25. The van der Waals surface area contributed by atoms with Gasteiger partial charge in [0.15, 0.2) is 0 Å². The van der Waals surface area contributed by atoms with Crippen LogP contribution in [0.1, 0.15) is 5.56 Å². The Kier molecular flexibility index (Phi) is 1.63. The van der Waals surface area contributed by atoms with Crippen LogP contribution in [0, 0.1) is 13.1 Å². The first-order chi connectivity index (χ1) is 3.80. The van der Waals surface area contributed by atoms with Crippen molar-refractivity contribution in [2.75, 3.05) is 0 Å². The van der Waals surface area contributed by atoms with Crippen molar-refractivity contribution >= 4 is 15.9 Å². The van der Waals surface area contributed by atoms with Gasteiger partial charge in [-0.25, -0.2) is 0 Å². The second kappa shape index (κ2) is 2.27. The maximum absolute atomic E-state index is 3.77. The summed E-state index contributed by atoms with van der Waals surface area (Å²) < 4.78 is 0.944. The molecule has 0 saturated heterocycles. The first-order valence-electron chi connectivity index (χ1n) is 2.29. The summed E-state index contributed by atoms with van der Waals surface area (Å²) in [7, 11) is 0. The fourth-order valence-electron chi connectivity index (χ4n) is 0.404. The number of hydrogen-bond acceptors (Lipinski definition) is 1. The lowest BCUT2D eigenvalue weighted by atomic mass is 10.3. The monoisotopic (exact) mass is 170 g/mol. The van der Waals surface area contributed by atoms with E-state index >= 15 is 0 Å². The van der Waals surface area contributed by atoms with Crippen LogP contribution in [0.15, 0.2) is 16.7 Å². The van der Waals surface area contributed by atoms with Crippen molar-refractivity contribution in [3.8, 4) is 0 Å². The highest BCUT2D eigenvalue weighted by Crippen LogP contribution is 2.10. The Balaban J connectivity index is 3.13. The number of pyridine rings is 1. The number of rotatable bonds is 0. The van der Waals surface area contributed by atoms with E-state index in [2.05, 4.69) is 27.1 Å². The van der Waals surface area contributed by atoms with E-state index in [9.17, 15) is 0 Å². The molecule has 2 heteroatoms. The van der Waals surface area contributed by atoms with E-state index in [1.165, 1.54) is 5.56 Å². The van der Waals surface area contributed by atoms with Gasteiger partial charge in [-0.2, -0.15) is 0 Å². The molecule has 0 saturated carbocycles. The molecular formula is C6H5BrN. The second-order valence-corrected chi connectivity index (χ2v) is 2.35. The van der Waals surface area contributed by atoms with Crippen LogP contribution in [0.25, 0.3) is 0 Å². The van der Waals surface area contributed by atoms with E-state index < -0.39 is 0 Å². The smallest absolute Gasteiger partial charge is 0.104 e. The van der Waals surface area contributed by atoms with Crippen molar-refractivity contribution in [1.29, 1.82) is 0 Å². The molecule has 8 heavy (non-hydrogen) atoms. The minimum absolute atomic E-state index is 0.944. The Bertz CT molecular complexity index is 165.